The first-order chi connectivity index (χ1) is 9.31. The van der Waals surface area contributed by atoms with Crippen LogP contribution in [0.1, 0.15) is 19.2 Å². The van der Waals surface area contributed by atoms with E-state index < -0.39 is 22.0 Å². The molecular formula is C11H19N3O4S2. The van der Waals surface area contributed by atoms with Crippen LogP contribution in [-0.4, -0.2) is 47.1 Å². The van der Waals surface area contributed by atoms with Crippen LogP contribution >= 0.6 is 11.8 Å². The maximum atomic E-state index is 12.1. The largest absolute Gasteiger partial charge is 0.480 e. The summed E-state index contributed by atoms with van der Waals surface area (Å²) in [6.45, 7) is 4.17. The minimum Gasteiger partial charge on any atom is -0.480 e. The number of rotatable bonds is 8. The second-order valence-electron chi connectivity index (χ2n) is 4.21. The van der Waals surface area contributed by atoms with Crippen molar-refractivity contribution >= 4 is 27.8 Å². The molecule has 0 aromatic carbocycles. The Morgan fingerprint density at radius 3 is 2.70 bits per heavy atom. The highest BCUT2D eigenvalue weighted by molar-refractivity contribution is 7.98. The molecule has 7 nitrogen and oxygen atoms in total. The third-order valence-corrected chi connectivity index (χ3v) is 4.76. The number of aromatic nitrogens is 2. The van der Waals surface area contributed by atoms with Gasteiger partial charge in [0.25, 0.3) is 10.0 Å². The van der Waals surface area contributed by atoms with Gasteiger partial charge in [-0.1, -0.05) is 0 Å². The van der Waals surface area contributed by atoms with Crippen molar-refractivity contribution in [2.45, 2.75) is 37.9 Å². The Hall–Kier alpha value is -1.06. The van der Waals surface area contributed by atoms with Crippen molar-refractivity contribution in [3.63, 3.8) is 0 Å². The van der Waals surface area contributed by atoms with E-state index in [1.54, 1.807) is 11.5 Å². The first-order valence-corrected chi connectivity index (χ1v) is 8.97. The van der Waals surface area contributed by atoms with Crippen LogP contribution in [-0.2, 0) is 21.4 Å². The molecule has 0 aliphatic rings. The molecule has 20 heavy (non-hydrogen) atoms. The van der Waals surface area contributed by atoms with Gasteiger partial charge in [0.15, 0.2) is 5.03 Å². The fourth-order valence-electron chi connectivity index (χ4n) is 1.65. The zero-order chi connectivity index (χ0) is 15.3. The lowest BCUT2D eigenvalue weighted by Gasteiger charge is -2.12. The Balaban J connectivity index is 2.94. The van der Waals surface area contributed by atoms with Crippen LogP contribution in [0.15, 0.2) is 11.2 Å². The molecular weight excluding hydrogens is 302 g/mol. The maximum absolute atomic E-state index is 12.1. The van der Waals surface area contributed by atoms with Crippen LogP contribution in [0, 0.1) is 6.92 Å². The van der Waals surface area contributed by atoms with Gasteiger partial charge in [0.1, 0.15) is 11.9 Å². The van der Waals surface area contributed by atoms with Gasteiger partial charge < -0.3 is 9.67 Å². The minimum atomic E-state index is -3.92. The number of nitrogens with one attached hydrogen (secondary N) is 1. The number of aryl methyl sites for hydroxylation is 2. The van der Waals surface area contributed by atoms with E-state index >= 15 is 0 Å². The molecule has 2 N–H and O–H groups in total. The van der Waals surface area contributed by atoms with Crippen LogP contribution in [0.2, 0.25) is 0 Å². The van der Waals surface area contributed by atoms with E-state index in [4.69, 9.17) is 5.11 Å². The predicted octanol–water partition coefficient (Wildman–Crippen LogP) is 0.696. The molecule has 1 rings (SSSR count). The lowest BCUT2D eigenvalue weighted by molar-refractivity contribution is -0.139. The van der Waals surface area contributed by atoms with Gasteiger partial charge in [-0.15, -0.1) is 0 Å². The molecule has 0 fully saturated rings. The molecule has 114 valence electrons. The van der Waals surface area contributed by atoms with Gasteiger partial charge in [-0.3, -0.25) is 4.79 Å². The molecule has 0 spiro atoms. The van der Waals surface area contributed by atoms with Gasteiger partial charge in [0.2, 0.25) is 0 Å². The van der Waals surface area contributed by atoms with Gasteiger partial charge in [-0.25, -0.2) is 13.4 Å². The fourth-order valence-corrected chi connectivity index (χ4v) is 3.35. The van der Waals surface area contributed by atoms with Crippen LogP contribution in [0.3, 0.4) is 0 Å². The van der Waals surface area contributed by atoms with E-state index in [2.05, 4.69) is 9.71 Å². The number of hydrogen-bond donors (Lipinski definition) is 2. The summed E-state index contributed by atoms with van der Waals surface area (Å²) in [7, 11) is -3.92. The number of hydrogen-bond acceptors (Lipinski definition) is 5. The van der Waals surface area contributed by atoms with E-state index in [-0.39, 0.29) is 11.4 Å². The summed E-state index contributed by atoms with van der Waals surface area (Å²) in [5.41, 5.74) is 0. The first kappa shape index (κ1) is 17.0. The molecule has 0 aliphatic heterocycles. The summed E-state index contributed by atoms with van der Waals surface area (Å²) >= 11 is 1.46. The van der Waals surface area contributed by atoms with E-state index in [0.717, 1.165) is 0 Å². The molecule has 0 bridgehead atoms. The highest BCUT2D eigenvalue weighted by Gasteiger charge is 2.27. The molecule has 0 amide bonds. The van der Waals surface area contributed by atoms with E-state index in [1.807, 2.05) is 13.2 Å². The Bertz CT molecular complexity index is 568. The van der Waals surface area contributed by atoms with Crippen LogP contribution in [0.25, 0.3) is 0 Å². The molecule has 1 aromatic rings. The summed E-state index contributed by atoms with van der Waals surface area (Å²) in [5.74, 6) is -0.0554. The van der Waals surface area contributed by atoms with Crippen molar-refractivity contribution < 1.29 is 18.3 Å². The summed E-state index contributed by atoms with van der Waals surface area (Å²) in [4.78, 5) is 15.0. The van der Waals surface area contributed by atoms with Gasteiger partial charge in [-0.2, -0.15) is 16.5 Å². The monoisotopic (exact) mass is 321 g/mol. The number of carbonyl (C=O) groups is 1. The number of aliphatic carboxylic acids is 1. The summed E-state index contributed by atoms with van der Waals surface area (Å²) in [6, 6.07) is -1.14. The fraction of sp³-hybridized carbons (Fsp3) is 0.636. The predicted molar refractivity (Wildman–Crippen MR) is 77.4 cm³/mol. The smallest absolute Gasteiger partial charge is 0.321 e. The molecule has 0 radical (unpaired) electrons. The quantitative estimate of drug-likeness (QED) is 0.731. The van der Waals surface area contributed by atoms with Crippen LogP contribution < -0.4 is 4.72 Å². The van der Waals surface area contributed by atoms with Gasteiger partial charge in [-0.05, 0) is 32.3 Å². The van der Waals surface area contributed by atoms with E-state index in [9.17, 15) is 13.2 Å². The number of nitrogens with zero attached hydrogens (tertiary/aromatic N) is 2. The van der Waals surface area contributed by atoms with Crippen molar-refractivity contribution in [1.82, 2.24) is 14.3 Å². The third kappa shape index (κ3) is 4.22. The van der Waals surface area contributed by atoms with Gasteiger partial charge in [0.05, 0.1) is 0 Å². The van der Waals surface area contributed by atoms with Gasteiger partial charge in [0, 0.05) is 12.7 Å². The average molecular weight is 321 g/mol. The summed E-state index contributed by atoms with van der Waals surface area (Å²) in [6.07, 6.45) is 3.47. The lowest BCUT2D eigenvalue weighted by Crippen LogP contribution is -2.41. The van der Waals surface area contributed by atoms with Crippen LogP contribution in [0.5, 0.6) is 0 Å². The Kier molecular flexibility index (Phi) is 6.03. The number of imidazole rings is 1. The molecule has 1 atom stereocenters. The highest BCUT2D eigenvalue weighted by atomic mass is 32.2. The lowest BCUT2D eigenvalue weighted by atomic mass is 10.2. The maximum Gasteiger partial charge on any atom is 0.321 e. The van der Waals surface area contributed by atoms with Crippen molar-refractivity contribution in [1.29, 1.82) is 0 Å². The number of carboxylic acids is 1. The summed E-state index contributed by atoms with van der Waals surface area (Å²) in [5, 5.41) is 8.91. The second-order valence-corrected chi connectivity index (χ2v) is 6.85. The Labute approximate surface area is 122 Å². The number of carboxylic acid groups (broad SMARTS) is 1. The highest BCUT2D eigenvalue weighted by Crippen LogP contribution is 2.11. The average Bonchev–Trinajstić information content (AvgIpc) is 2.76. The normalized spacial score (nSPS) is 13.3. The second kappa shape index (κ2) is 7.09. The molecule has 1 unspecified atom stereocenters. The van der Waals surface area contributed by atoms with Crippen molar-refractivity contribution in [3.8, 4) is 0 Å². The van der Waals surface area contributed by atoms with Gasteiger partial charge >= 0.3 is 5.97 Å². The first-order valence-electron chi connectivity index (χ1n) is 6.09. The molecule has 9 heteroatoms. The molecule has 1 aromatic heterocycles. The Morgan fingerprint density at radius 1 is 1.60 bits per heavy atom. The van der Waals surface area contributed by atoms with Crippen molar-refractivity contribution in [2.24, 2.45) is 0 Å². The molecule has 0 saturated carbocycles. The topological polar surface area (TPSA) is 101 Å². The SMILES string of the molecule is CCn1cc(S(=O)(=O)NC(CCSC)C(=O)O)nc1C. The van der Waals surface area contributed by atoms with Crippen molar-refractivity contribution in [2.75, 3.05) is 12.0 Å². The standard InChI is InChI=1S/C11H19N3O4S2/c1-4-14-7-10(12-8(14)2)20(17,18)13-9(11(15)16)5-6-19-3/h7,9,13H,4-6H2,1-3H3,(H,15,16). The Morgan fingerprint density at radius 2 is 2.25 bits per heavy atom. The molecule has 0 saturated heterocycles. The summed E-state index contributed by atoms with van der Waals surface area (Å²) < 4.78 is 28.1. The van der Waals surface area contributed by atoms with E-state index in [1.165, 1.54) is 18.0 Å². The zero-order valence-corrected chi connectivity index (χ0v) is 13.3. The molecule has 0 aliphatic carbocycles. The van der Waals surface area contributed by atoms with E-state index in [0.29, 0.717) is 18.1 Å². The minimum absolute atomic E-state index is 0.146. The molecule has 1 heterocycles. The number of sulfonamides is 1. The number of thioether (sulfide) groups is 1. The van der Waals surface area contributed by atoms with Crippen molar-refractivity contribution in [3.05, 3.63) is 12.0 Å². The third-order valence-electron chi connectivity index (χ3n) is 2.78. The zero-order valence-electron chi connectivity index (χ0n) is 11.7. The van der Waals surface area contributed by atoms with Crippen LogP contribution in [0.4, 0.5) is 0 Å².